The van der Waals surface area contributed by atoms with Crippen LogP contribution in [0.25, 0.3) is 72.5 Å². The highest BCUT2D eigenvalue weighted by Crippen LogP contribution is 2.60. The zero-order valence-electron chi connectivity index (χ0n) is 33.7. The largest absolute Gasteiger partial charge is 0.309 e. The molecule has 0 saturated carbocycles. The number of hydrogen-bond acceptors (Lipinski definition) is 2. The summed E-state index contributed by atoms with van der Waals surface area (Å²) in [5.41, 5.74) is 23.3. The molecule has 1 aromatic heterocycles. The van der Waals surface area contributed by atoms with Crippen molar-refractivity contribution in [2.24, 2.45) is 0 Å². The molecule has 9 aromatic rings. The summed E-state index contributed by atoms with van der Waals surface area (Å²) < 4.78 is 0. The lowest BCUT2D eigenvalue weighted by molar-refractivity contribution is 0.660. The SMILES string of the molecule is CC1(C)c2ccccc2-c2ccc(N(c3ccc(-c4ccc5c6c4C=CCC6c4c-5c(-c5ccccc5)c5ccccc5c4-c4ccccc4)cc3)c3cccnc3)cc21. The Morgan fingerprint density at radius 3 is 1.87 bits per heavy atom. The number of hydrogen-bond donors (Lipinski definition) is 0. The number of rotatable bonds is 6. The normalized spacial score (nSPS) is 15.0. The average molecular weight is 767 g/mol. The van der Waals surface area contributed by atoms with Crippen LogP contribution in [-0.4, -0.2) is 4.98 Å². The van der Waals surface area contributed by atoms with Crippen molar-refractivity contribution in [2.45, 2.75) is 31.6 Å². The minimum atomic E-state index is -0.0944. The van der Waals surface area contributed by atoms with E-state index in [1.54, 1.807) is 0 Å². The first-order valence-corrected chi connectivity index (χ1v) is 21.1. The Morgan fingerprint density at radius 1 is 0.483 bits per heavy atom. The second-order valence-corrected chi connectivity index (χ2v) is 17.0. The fourth-order valence-electron chi connectivity index (χ4n) is 10.8. The van der Waals surface area contributed by atoms with Crippen LogP contribution in [0, 0.1) is 0 Å². The number of allylic oxidation sites excluding steroid dienone is 1. The molecule has 0 aliphatic heterocycles. The zero-order valence-corrected chi connectivity index (χ0v) is 33.7. The Hall–Kier alpha value is -7.29. The standard InChI is InChI=1S/C58H42N2/c1-58(2)51-25-12-11-20-44(51)45-31-30-41(35-52(45)58)60(42-19-14-34-59-36-42)40-28-26-37(27-29-40)43-32-33-50-55-46(43)23-13-24-49(55)56-53(38-15-5-3-6-16-38)47-21-9-10-22-48(47)54(57(50)56)39-17-7-4-8-18-39/h3-23,25-36,49H,24H2,1-2H3. The van der Waals surface area contributed by atoms with Crippen LogP contribution in [0.1, 0.15) is 54.0 Å². The zero-order chi connectivity index (χ0) is 40.0. The number of benzene rings is 8. The van der Waals surface area contributed by atoms with Gasteiger partial charge in [-0.25, -0.2) is 0 Å². The third-order valence-electron chi connectivity index (χ3n) is 13.5. The summed E-state index contributed by atoms with van der Waals surface area (Å²) in [6.07, 6.45) is 9.59. The Bertz CT molecular complexity index is 3180. The lowest BCUT2D eigenvalue weighted by Crippen LogP contribution is -2.16. The van der Waals surface area contributed by atoms with Gasteiger partial charge in [-0.2, -0.15) is 0 Å². The maximum Gasteiger partial charge on any atom is 0.0644 e. The highest BCUT2D eigenvalue weighted by Gasteiger charge is 2.39. The second-order valence-electron chi connectivity index (χ2n) is 17.0. The third-order valence-corrected chi connectivity index (χ3v) is 13.5. The van der Waals surface area contributed by atoms with E-state index in [2.05, 4.69) is 206 Å². The van der Waals surface area contributed by atoms with Gasteiger partial charge in [0.15, 0.2) is 0 Å². The molecule has 0 bridgehead atoms. The fraction of sp³-hybridized carbons (Fsp3) is 0.0862. The molecule has 3 aliphatic carbocycles. The Kier molecular flexibility index (Phi) is 7.74. The molecule has 3 aliphatic rings. The van der Waals surface area contributed by atoms with Crippen molar-refractivity contribution >= 4 is 33.9 Å². The van der Waals surface area contributed by atoms with Crippen LogP contribution in [-0.2, 0) is 5.41 Å². The molecule has 1 atom stereocenters. The average Bonchev–Trinajstić information content (AvgIpc) is 3.75. The molecule has 0 spiro atoms. The van der Waals surface area contributed by atoms with Crippen LogP contribution < -0.4 is 4.90 Å². The van der Waals surface area contributed by atoms with Crippen molar-refractivity contribution in [1.29, 1.82) is 0 Å². The van der Waals surface area contributed by atoms with Crippen LogP contribution in [0.3, 0.4) is 0 Å². The van der Waals surface area contributed by atoms with Gasteiger partial charge in [-0.05, 0) is 137 Å². The molecular weight excluding hydrogens is 725 g/mol. The van der Waals surface area contributed by atoms with Gasteiger partial charge in [0.05, 0.1) is 11.9 Å². The van der Waals surface area contributed by atoms with Gasteiger partial charge in [-0.15, -0.1) is 0 Å². The molecule has 2 heteroatoms. The van der Waals surface area contributed by atoms with E-state index in [4.69, 9.17) is 0 Å². The summed E-state index contributed by atoms with van der Waals surface area (Å²) in [6, 6.07) is 65.1. The van der Waals surface area contributed by atoms with Crippen LogP contribution in [0.2, 0.25) is 0 Å². The van der Waals surface area contributed by atoms with E-state index in [0.717, 1.165) is 23.5 Å². The number of pyridine rings is 1. The molecule has 60 heavy (non-hydrogen) atoms. The minimum absolute atomic E-state index is 0.0944. The van der Waals surface area contributed by atoms with E-state index in [0.29, 0.717) is 0 Å². The molecule has 0 fully saturated rings. The molecule has 0 amide bonds. The van der Waals surface area contributed by atoms with Crippen molar-refractivity contribution in [3.63, 3.8) is 0 Å². The van der Waals surface area contributed by atoms with Gasteiger partial charge < -0.3 is 4.90 Å². The predicted octanol–water partition coefficient (Wildman–Crippen LogP) is 15.5. The van der Waals surface area contributed by atoms with Crippen molar-refractivity contribution in [2.75, 3.05) is 4.90 Å². The van der Waals surface area contributed by atoms with Gasteiger partial charge >= 0.3 is 0 Å². The highest BCUT2D eigenvalue weighted by atomic mass is 15.1. The van der Waals surface area contributed by atoms with Gasteiger partial charge in [-0.1, -0.05) is 166 Å². The van der Waals surface area contributed by atoms with Gasteiger partial charge in [0.2, 0.25) is 0 Å². The summed E-state index contributed by atoms with van der Waals surface area (Å²) in [4.78, 5) is 6.90. The molecule has 284 valence electrons. The van der Waals surface area contributed by atoms with E-state index in [9.17, 15) is 0 Å². The fourth-order valence-corrected chi connectivity index (χ4v) is 10.8. The molecule has 1 heterocycles. The Balaban J connectivity index is 1.00. The third kappa shape index (κ3) is 5.10. The molecule has 2 nitrogen and oxygen atoms in total. The Labute approximate surface area is 351 Å². The predicted molar refractivity (Wildman–Crippen MR) is 251 cm³/mol. The van der Waals surface area contributed by atoms with Crippen LogP contribution in [0.4, 0.5) is 17.1 Å². The van der Waals surface area contributed by atoms with Gasteiger partial charge in [0.25, 0.3) is 0 Å². The summed E-state index contributed by atoms with van der Waals surface area (Å²) >= 11 is 0. The maximum absolute atomic E-state index is 4.56. The lowest BCUT2D eigenvalue weighted by Gasteiger charge is -2.28. The first kappa shape index (κ1) is 34.7. The minimum Gasteiger partial charge on any atom is -0.309 e. The van der Waals surface area contributed by atoms with E-state index >= 15 is 0 Å². The van der Waals surface area contributed by atoms with Gasteiger partial charge in [0, 0.05) is 28.9 Å². The maximum atomic E-state index is 4.56. The highest BCUT2D eigenvalue weighted by molar-refractivity contribution is 6.15. The van der Waals surface area contributed by atoms with Crippen LogP contribution in [0.5, 0.6) is 0 Å². The molecule has 0 saturated heterocycles. The molecule has 1 unspecified atom stereocenters. The smallest absolute Gasteiger partial charge is 0.0644 e. The number of aromatic nitrogens is 1. The summed E-state index contributed by atoms with van der Waals surface area (Å²) in [5, 5.41) is 2.62. The lowest BCUT2D eigenvalue weighted by atomic mass is 9.79. The molecule has 12 rings (SSSR count). The van der Waals surface area contributed by atoms with Gasteiger partial charge in [0.1, 0.15) is 0 Å². The molecule has 8 aromatic carbocycles. The number of fused-ring (bicyclic) bond motifs is 7. The molecule has 0 radical (unpaired) electrons. The Morgan fingerprint density at radius 2 is 1.12 bits per heavy atom. The number of nitrogens with zero attached hydrogens (tertiary/aromatic N) is 2. The van der Waals surface area contributed by atoms with Crippen molar-refractivity contribution in [3.8, 4) is 55.6 Å². The van der Waals surface area contributed by atoms with Crippen LogP contribution in [0.15, 0.2) is 194 Å². The van der Waals surface area contributed by atoms with E-state index in [1.807, 2.05) is 18.5 Å². The second kappa shape index (κ2) is 13.4. The summed E-state index contributed by atoms with van der Waals surface area (Å²) in [6.45, 7) is 4.69. The quantitative estimate of drug-likeness (QED) is 0.168. The molecule has 0 N–H and O–H groups in total. The van der Waals surface area contributed by atoms with Gasteiger partial charge in [-0.3, -0.25) is 4.98 Å². The topological polar surface area (TPSA) is 16.1 Å². The summed E-state index contributed by atoms with van der Waals surface area (Å²) in [7, 11) is 0. The van der Waals surface area contributed by atoms with E-state index in [1.165, 1.54) is 94.2 Å². The summed E-state index contributed by atoms with van der Waals surface area (Å²) in [5.74, 6) is 0.257. The first-order chi connectivity index (χ1) is 29.6. The van der Waals surface area contributed by atoms with Crippen molar-refractivity contribution in [1.82, 2.24) is 4.98 Å². The van der Waals surface area contributed by atoms with E-state index in [-0.39, 0.29) is 11.3 Å². The van der Waals surface area contributed by atoms with Crippen molar-refractivity contribution < 1.29 is 0 Å². The number of anilines is 3. The van der Waals surface area contributed by atoms with Crippen molar-refractivity contribution in [3.05, 3.63) is 222 Å². The van der Waals surface area contributed by atoms with E-state index < -0.39 is 0 Å². The molecular formula is C58H42N2. The first-order valence-electron chi connectivity index (χ1n) is 21.1. The van der Waals surface area contributed by atoms with Crippen LogP contribution >= 0.6 is 0 Å². The monoisotopic (exact) mass is 766 g/mol.